The van der Waals surface area contributed by atoms with Crippen molar-refractivity contribution in [3.63, 3.8) is 0 Å². The fraction of sp³-hybridized carbons (Fsp3) is 0.889. The Kier molecular flexibility index (Phi) is 4.04. The molecule has 0 aromatic heterocycles. The highest BCUT2D eigenvalue weighted by Gasteiger charge is 2.45. The van der Waals surface area contributed by atoms with E-state index in [1.165, 1.54) is 14.2 Å². The van der Waals surface area contributed by atoms with Crippen LogP contribution < -0.4 is 0 Å². The van der Waals surface area contributed by atoms with Crippen LogP contribution in [-0.4, -0.2) is 55.0 Å². The van der Waals surface area contributed by atoms with Crippen LogP contribution in [0.4, 0.5) is 0 Å². The van der Waals surface area contributed by atoms with Crippen molar-refractivity contribution in [3.05, 3.63) is 0 Å². The molecule has 0 radical (unpaired) electrons. The minimum atomic E-state index is -1.11. The molecule has 6 heteroatoms. The molecule has 1 aliphatic heterocycles. The molecule has 1 fully saturated rings. The Morgan fingerprint density at radius 1 is 1.27 bits per heavy atom. The predicted molar refractivity (Wildman–Crippen MR) is 48.9 cm³/mol. The van der Waals surface area contributed by atoms with E-state index in [1.807, 2.05) is 0 Å². The van der Waals surface area contributed by atoms with E-state index in [-0.39, 0.29) is 0 Å². The Hall–Kier alpha value is -0.690. The number of esters is 1. The zero-order valence-corrected chi connectivity index (χ0v) is 8.91. The van der Waals surface area contributed by atoms with Gasteiger partial charge in [0.15, 0.2) is 12.4 Å². The second-order valence-corrected chi connectivity index (χ2v) is 3.52. The number of hydrogen-bond acceptors (Lipinski definition) is 6. The lowest BCUT2D eigenvalue weighted by atomic mass is 9.91. The summed E-state index contributed by atoms with van der Waals surface area (Å²) >= 11 is 0. The average molecular weight is 220 g/mol. The van der Waals surface area contributed by atoms with Crippen molar-refractivity contribution in [3.8, 4) is 0 Å². The van der Waals surface area contributed by atoms with E-state index in [4.69, 9.17) is 9.47 Å². The van der Waals surface area contributed by atoms with E-state index >= 15 is 0 Å². The number of rotatable bonds is 2. The Balaban J connectivity index is 2.78. The van der Waals surface area contributed by atoms with Crippen molar-refractivity contribution >= 4 is 5.97 Å². The quantitative estimate of drug-likeness (QED) is 0.574. The van der Waals surface area contributed by atoms with E-state index in [1.54, 1.807) is 6.92 Å². The summed E-state index contributed by atoms with van der Waals surface area (Å²) in [6.45, 7) is 1.61. The summed E-state index contributed by atoms with van der Waals surface area (Å²) < 4.78 is 14.4. The van der Waals surface area contributed by atoms with Crippen molar-refractivity contribution in [1.29, 1.82) is 0 Å². The molecule has 15 heavy (non-hydrogen) atoms. The molecule has 0 aliphatic carbocycles. The Bertz CT molecular complexity index is 229. The molecule has 1 aliphatic rings. The van der Waals surface area contributed by atoms with Gasteiger partial charge >= 0.3 is 5.97 Å². The van der Waals surface area contributed by atoms with Crippen molar-refractivity contribution in [2.75, 3.05) is 14.2 Å². The van der Waals surface area contributed by atoms with Crippen molar-refractivity contribution in [1.82, 2.24) is 0 Å². The summed E-state index contributed by atoms with van der Waals surface area (Å²) in [5.74, 6) is -1.20. The number of aliphatic hydroxyl groups excluding tert-OH is 2. The van der Waals surface area contributed by atoms with Crippen LogP contribution in [0.1, 0.15) is 6.92 Å². The maximum absolute atomic E-state index is 11.2. The largest absolute Gasteiger partial charge is 0.467 e. The van der Waals surface area contributed by atoms with Crippen LogP contribution in [-0.2, 0) is 19.0 Å². The van der Waals surface area contributed by atoms with Gasteiger partial charge in [0.2, 0.25) is 0 Å². The monoisotopic (exact) mass is 220 g/mol. The molecule has 0 amide bonds. The van der Waals surface area contributed by atoms with Gasteiger partial charge in [-0.15, -0.1) is 0 Å². The van der Waals surface area contributed by atoms with Gasteiger partial charge in [-0.3, -0.25) is 0 Å². The van der Waals surface area contributed by atoms with Crippen LogP contribution in [0.15, 0.2) is 0 Å². The zero-order chi connectivity index (χ0) is 11.6. The number of carbonyl (C=O) groups excluding carboxylic acids is 1. The average Bonchev–Trinajstić information content (AvgIpc) is 2.25. The van der Waals surface area contributed by atoms with Crippen molar-refractivity contribution < 1.29 is 29.2 Å². The Morgan fingerprint density at radius 2 is 1.87 bits per heavy atom. The highest BCUT2D eigenvalue weighted by molar-refractivity contribution is 5.75. The summed E-state index contributed by atoms with van der Waals surface area (Å²) in [4.78, 5) is 11.2. The molecule has 88 valence electrons. The zero-order valence-electron chi connectivity index (χ0n) is 8.91. The van der Waals surface area contributed by atoms with E-state index in [0.29, 0.717) is 0 Å². The first-order chi connectivity index (χ1) is 7.02. The molecule has 3 unspecified atom stereocenters. The topological polar surface area (TPSA) is 85.2 Å². The number of ether oxygens (including phenoxy) is 3. The number of hydrogen-bond donors (Lipinski definition) is 2. The molecule has 0 spiro atoms. The highest BCUT2D eigenvalue weighted by atomic mass is 16.7. The first-order valence-electron chi connectivity index (χ1n) is 4.65. The molecule has 2 N–H and O–H groups in total. The van der Waals surface area contributed by atoms with Crippen LogP contribution in [0, 0.1) is 5.92 Å². The lowest BCUT2D eigenvalue weighted by Gasteiger charge is -2.39. The van der Waals surface area contributed by atoms with E-state index in [2.05, 4.69) is 4.74 Å². The fourth-order valence-electron chi connectivity index (χ4n) is 1.54. The fourth-order valence-corrected chi connectivity index (χ4v) is 1.54. The van der Waals surface area contributed by atoms with E-state index < -0.39 is 36.5 Å². The van der Waals surface area contributed by atoms with Gasteiger partial charge in [-0.2, -0.15) is 0 Å². The van der Waals surface area contributed by atoms with Gasteiger partial charge in [-0.1, -0.05) is 6.92 Å². The Labute approximate surface area is 87.7 Å². The molecule has 0 aromatic carbocycles. The number of carbonyl (C=O) groups is 1. The summed E-state index contributed by atoms with van der Waals surface area (Å²) in [5.41, 5.74) is 0. The second kappa shape index (κ2) is 4.89. The lowest BCUT2D eigenvalue weighted by molar-refractivity contribution is -0.274. The van der Waals surface area contributed by atoms with Crippen LogP contribution in [0.25, 0.3) is 0 Å². The third kappa shape index (κ3) is 2.28. The molecule has 0 saturated carbocycles. The van der Waals surface area contributed by atoms with E-state index in [0.717, 1.165) is 0 Å². The van der Waals surface area contributed by atoms with Crippen LogP contribution >= 0.6 is 0 Å². The highest BCUT2D eigenvalue weighted by Crippen LogP contribution is 2.26. The smallest absolute Gasteiger partial charge is 0.337 e. The molecule has 0 aromatic rings. The van der Waals surface area contributed by atoms with Gasteiger partial charge in [-0.05, 0) is 0 Å². The van der Waals surface area contributed by atoms with Gasteiger partial charge in [-0.25, -0.2) is 4.79 Å². The first kappa shape index (κ1) is 12.4. The van der Waals surface area contributed by atoms with Gasteiger partial charge < -0.3 is 24.4 Å². The summed E-state index contributed by atoms with van der Waals surface area (Å²) in [5, 5.41) is 19.3. The number of methoxy groups -OCH3 is 2. The molecule has 1 saturated heterocycles. The van der Waals surface area contributed by atoms with Crippen molar-refractivity contribution in [2.24, 2.45) is 5.92 Å². The van der Waals surface area contributed by atoms with E-state index in [9.17, 15) is 15.0 Å². The third-order valence-corrected chi connectivity index (χ3v) is 2.61. The minimum absolute atomic E-state index is 0.521. The SMILES string of the molecule is COC(=O)C1OC(OC)C(O)[C@@H](C)[C@H]1O. The van der Waals surface area contributed by atoms with Gasteiger partial charge in [0, 0.05) is 13.0 Å². The summed E-state index contributed by atoms with van der Waals surface area (Å²) in [6, 6.07) is 0. The van der Waals surface area contributed by atoms with Gasteiger partial charge in [0.25, 0.3) is 0 Å². The van der Waals surface area contributed by atoms with Gasteiger partial charge in [0.1, 0.15) is 6.10 Å². The summed E-state index contributed by atoms with van der Waals surface area (Å²) in [6.07, 6.45) is -4.10. The lowest BCUT2D eigenvalue weighted by Crippen LogP contribution is -2.56. The molecule has 0 bridgehead atoms. The standard InChI is InChI=1S/C9H16O6/c1-4-5(10)7(8(12)13-2)15-9(14-3)6(4)11/h4-7,9-11H,1-3H3/t4-,5+,6?,7?,9?/m0/s1. The maximum Gasteiger partial charge on any atom is 0.337 e. The van der Waals surface area contributed by atoms with Crippen LogP contribution in [0.5, 0.6) is 0 Å². The molecular weight excluding hydrogens is 204 g/mol. The number of aliphatic hydroxyl groups is 2. The van der Waals surface area contributed by atoms with Crippen LogP contribution in [0.3, 0.4) is 0 Å². The first-order valence-corrected chi connectivity index (χ1v) is 4.65. The molecule has 1 rings (SSSR count). The molecule has 6 nitrogen and oxygen atoms in total. The summed E-state index contributed by atoms with van der Waals surface area (Å²) in [7, 11) is 2.56. The Morgan fingerprint density at radius 3 is 2.33 bits per heavy atom. The second-order valence-electron chi connectivity index (χ2n) is 3.52. The maximum atomic E-state index is 11.2. The molecular formula is C9H16O6. The normalized spacial score (nSPS) is 41.3. The van der Waals surface area contributed by atoms with Gasteiger partial charge in [0.05, 0.1) is 13.2 Å². The third-order valence-electron chi connectivity index (χ3n) is 2.61. The predicted octanol–water partition coefficient (Wildman–Crippen LogP) is -1.11. The molecule has 5 atom stereocenters. The minimum Gasteiger partial charge on any atom is -0.467 e. The van der Waals surface area contributed by atoms with Crippen LogP contribution in [0.2, 0.25) is 0 Å². The molecule has 1 heterocycles. The van der Waals surface area contributed by atoms with Crippen molar-refractivity contribution in [2.45, 2.75) is 31.5 Å².